The molecule has 0 aliphatic carbocycles. The molecule has 18 heavy (non-hydrogen) atoms. The van der Waals surface area contributed by atoms with Crippen molar-refractivity contribution in [2.75, 3.05) is 0 Å². The summed E-state index contributed by atoms with van der Waals surface area (Å²) >= 11 is 2.83. The molecule has 0 aliphatic rings. The number of hydrogen-bond donors (Lipinski definition) is 1. The zero-order valence-corrected chi connectivity index (χ0v) is 11.5. The van der Waals surface area contributed by atoms with Gasteiger partial charge in [0.25, 0.3) is 5.91 Å². The van der Waals surface area contributed by atoms with Gasteiger partial charge in [0.15, 0.2) is 0 Å². The molecule has 0 bridgehead atoms. The fraction of sp³-hybridized carbons (Fsp3) is 0.417. The molecule has 1 amide bonds. The van der Waals surface area contributed by atoms with Gasteiger partial charge in [-0.1, -0.05) is 22.9 Å². The summed E-state index contributed by atoms with van der Waals surface area (Å²) in [5.41, 5.74) is -0.842. The molecule has 1 aromatic rings. The maximum Gasteiger partial charge on any atom is 0.417 e. The fourth-order valence-electron chi connectivity index (χ4n) is 1.29. The van der Waals surface area contributed by atoms with E-state index in [1.165, 1.54) is 12.1 Å². The minimum atomic E-state index is -4.48. The molecule has 100 valence electrons. The second kappa shape index (κ2) is 5.73. The lowest BCUT2D eigenvalue weighted by molar-refractivity contribution is -0.138. The lowest BCUT2D eigenvalue weighted by Crippen LogP contribution is -2.32. The Morgan fingerprint density at radius 1 is 1.44 bits per heavy atom. The highest BCUT2D eigenvalue weighted by Gasteiger charge is 2.33. The highest BCUT2D eigenvalue weighted by Crippen LogP contribution is 2.35. The first kappa shape index (κ1) is 15.0. The predicted octanol–water partition coefficient (Wildman–Crippen LogP) is 4.00. The van der Waals surface area contributed by atoms with Crippen molar-refractivity contribution in [3.8, 4) is 0 Å². The van der Waals surface area contributed by atoms with Crippen molar-refractivity contribution in [1.29, 1.82) is 0 Å². The molecule has 0 aliphatic heterocycles. The van der Waals surface area contributed by atoms with E-state index in [9.17, 15) is 18.0 Å². The number of alkyl halides is 3. The van der Waals surface area contributed by atoms with E-state index in [1.54, 1.807) is 6.92 Å². The van der Waals surface area contributed by atoms with E-state index < -0.39 is 17.6 Å². The molecule has 1 rings (SSSR count). The van der Waals surface area contributed by atoms with Crippen LogP contribution >= 0.6 is 15.9 Å². The van der Waals surface area contributed by atoms with Crippen LogP contribution in [0.4, 0.5) is 13.2 Å². The largest absolute Gasteiger partial charge is 0.417 e. The maximum absolute atomic E-state index is 12.7. The molecule has 6 heteroatoms. The Balaban J connectivity index is 3.02. The van der Waals surface area contributed by atoms with Gasteiger partial charge in [-0.15, -0.1) is 0 Å². The summed E-state index contributed by atoms with van der Waals surface area (Å²) in [5.74, 6) is -0.498. The lowest BCUT2D eigenvalue weighted by Gasteiger charge is -2.14. The zero-order valence-electron chi connectivity index (χ0n) is 9.94. The number of carbonyl (C=O) groups excluding carboxylic acids is 1. The zero-order chi connectivity index (χ0) is 13.9. The van der Waals surface area contributed by atoms with E-state index >= 15 is 0 Å². The molecule has 0 radical (unpaired) electrons. The van der Waals surface area contributed by atoms with Gasteiger partial charge in [-0.2, -0.15) is 13.2 Å². The van der Waals surface area contributed by atoms with Crippen LogP contribution in [0.15, 0.2) is 22.7 Å². The smallest absolute Gasteiger partial charge is 0.350 e. The van der Waals surface area contributed by atoms with Crippen LogP contribution in [0.1, 0.15) is 36.2 Å². The van der Waals surface area contributed by atoms with E-state index in [4.69, 9.17) is 0 Å². The van der Waals surface area contributed by atoms with E-state index in [0.29, 0.717) is 6.42 Å². The number of amides is 1. The van der Waals surface area contributed by atoms with Crippen LogP contribution in [0.25, 0.3) is 0 Å². The van der Waals surface area contributed by atoms with Crippen LogP contribution in [0, 0.1) is 0 Å². The number of benzene rings is 1. The highest BCUT2D eigenvalue weighted by atomic mass is 79.9. The SMILES string of the molecule is CCC(C)NC(=O)c1ccc(Br)c(C(F)(F)F)c1. The molecule has 1 unspecified atom stereocenters. The number of nitrogens with one attached hydrogen (secondary N) is 1. The molecular formula is C12H13BrF3NO. The summed E-state index contributed by atoms with van der Waals surface area (Å²) in [6.45, 7) is 3.68. The summed E-state index contributed by atoms with van der Waals surface area (Å²) in [6, 6.07) is 3.36. The molecule has 0 saturated heterocycles. The average Bonchev–Trinajstić information content (AvgIpc) is 2.27. The highest BCUT2D eigenvalue weighted by molar-refractivity contribution is 9.10. The van der Waals surface area contributed by atoms with Crippen LogP contribution in [0.5, 0.6) is 0 Å². The Kier molecular flexibility index (Phi) is 4.78. The van der Waals surface area contributed by atoms with Gasteiger partial charge in [-0.05, 0) is 31.5 Å². The second-order valence-electron chi connectivity index (χ2n) is 3.98. The number of halogens is 4. The standard InChI is InChI=1S/C12H13BrF3NO/c1-3-7(2)17-11(18)8-4-5-10(13)9(6-8)12(14,15)16/h4-7H,3H2,1-2H3,(H,17,18). The third kappa shape index (κ3) is 3.73. The Morgan fingerprint density at radius 3 is 2.56 bits per heavy atom. The second-order valence-corrected chi connectivity index (χ2v) is 4.83. The van der Waals surface area contributed by atoms with Crippen molar-refractivity contribution in [2.45, 2.75) is 32.5 Å². The molecule has 0 heterocycles. The van der Waals surface area contributed by atoms with Crippen LogP contribution in [0.3, 0.4) is 0 Å². The van der Waals surface area contributed by atoms with Crippen molar-refractivity contribution < 1.29 is 18.0 Å². The van der Waals surface area contributed by atoms with Crippen LogP contribution in [0.2, 0.25) is 0 Å². The summed E-state index contributed by atoms with van der Waals surface area (Å²) in [5, 5.41) is 2.62. The molecule has 1 N–H and O–H groups in total. The van der Waals surface area contributed by atoms with Crippen LogP contribution < -0.4 is 5.32 Å². The Morgan fingerprint density at radius 2 is 2.06 bits per heavy atom. The van der Waals surface area contributed by atoms with Gasteiger partial charge in [0, 0.05) is 16.1 Å². The third-order valence-electron chi connectivity index (χ3n) is 2.52. The average molecular weight is 324 g/mol. The number of hydrogen-bond acceptors (Lipinski definition) is 1. The van der Waals surface area contributed by atoms with Crippen LogP contribution in [-0.2, 0) is 6.18 Å². The van der Waals surface area contributed by atoms with Gasteiger partial charge < -0.3 is 5.32 Å². The predicted molar refractivity (Wildman–Crippen MR) is 66.4 cm³/mol. The van der Waals surface area contributed by atoms with Crippen molar-refractivity contribution in [3.05, 3.63) is 33.8 Å². The number of carbonyl (C=O) groups is 1. The lowest BCUT2D eigenvalue weighted by atomic mass is 10.1. The normalized spacial score (nSPS) is 13.2. The number of rotatable bonds is 3. The van der Waals surface area contributed by atoms with E-state index in [-0.39, 0.29) is 16.1 Å². The summed E-state index contributed by atoms with van der Waals surface area (Å²) in [6.07, 6.45) is -3.76. The Labute approximate surface area is 112 Å². The topological polar surface area (TPSA) is 29.1 Å². The van der Waals surface area contributed by atoms with Crippen molar-refractivity contribution >= 4 is 21.8 Å². The first-order valence-corrected chi connectivity index (χ1v) is 6.22. The first-order chi connectivity index (χ1) is 8.25. The summed E-state index contributed by atoms with van der Waals surface area (Å²) < 4.78 is 37.9. The monoisotopic (exact) mass is 323 g/mol. The minimum Gasteiger partial charge on any atom is -0.350 e. The van der Waals surface area contributed by atoms with Gasteiger partial charge in [-0.25, -0.2) is 0 Å². The Bertz CT molecular complexity index is 445. The quantitative estimate of drug-likeness (QED) is 0.895. The minimum absolute atomic E-state index is 0.00539. The summed E-state index contributed by atoms with van der Waals surface area (Å²) in [7, 11) is 0. The van der Waals surface area contributed by atoms with Gasteiger partial charge in [0.2, 0.25) is 0 Å². The third-order valence-corrected chi connectivity index (χ3v) is 3.22. The van der Waals surface area contributed by atoms with E-state index in [0.717, 1.165) is 6.07 Å². The Hall–Kier alpha value is -1.04. The van der Waals surface area contributed by atoms with E-state index in [2.05, 4.69) is 21.2 Å². The maximum atomic E-state index is 12.7. The molecule has 1 aromatic carbocycles. The van der Waals surface area contributed by atoms with Crippen molar-refractivity contribution in [3.63, 3.8) is 0 Å². The van der Waals surface area contributed by atoms with Gasteiger partial charge in [-0.3, -0.25) is 4.79 Å². The molecular weight excluding hydrogens is 311 g/mol. The van der Waals surface area contributed by atoms with Crippen molar-refractivity contribution in [2.24, 2.45) is 0 Å². The van der Waals surface area contributed by atoms with Crippen LogP contribution in [-0.4, -0.2) is 11.9 Å². The molecule has 0 fully saturated rings. The molecule has 0 aromatic heterocycles. The summed E-state index contributed by atoms with van der Waals surface area (Å²) in [4.78, 5) is 11.7. The fourth-order valence-corrected chi connectivity index (χ4v) is 1.76. The molecule has 0 saturated carbocycles. The van der Waals surface area contributed by atoms with Crippen molar-refractivity contribution in [1.82, 2.24) is 5.32 Å². The van der Waals surface area contributed by atoms with E-state index in [1.807, 2.05) is 6.92 Å². The molecule has 1 atom stereocenters. The first-order valence-electron chi connectivity index (χ1n) is 5.43. The van der Waals surface area contributed by atoms with Gasteiger partial charge in [0.05, 0.1) is 5.56 Å². The van der Waals surface area contributed by atoms with Gasteiger partial charge >= 0.3 is 6.18 Å². The molecule has 2 nitrogen and oxygen atoms in total. The molecule has 0 spiro atoms. The van der Waals surface area contributed by atoms with Gasteiger partial charge in [0.1, 0.15) is 0 Å².